The summed E-state index contributed by atoms with van der Waals surface area (Å²) in [4.78, 5) is 67.3. The molecule has 0 bridgehead atoms. The van der Waals surface area contributed by atoms with Gasteiger partial charge in [-0.2, -0.15) is 4.99 Å². The SMILES string of the molecule is CCc1nc(C)oc1C(=O)/N=c1\sc2cc(C(N)=O)cc(OC)c2n1C/C=C/Cn1c(NC(O)c2oc(C)nc2CC)nc2cc(C(N)=O)cc(OCCCC(=O)O)c21. The van der Waals surface area contributed by atoms with Gasteiger partial charge in [-0.3, -0.25) is 19.2 Å². The van der Waals surface area contributed by atoms with Crippen molar-refractivity contribution in [1.29, 1.82) is 0 Å². The number of anilines is 1. The van der Waals surface area contributed by atoms with Gasteiger partial charge in [-0.25, -0.2) is 15.0 Å². The first kappa shape index (κ1) is 41.8. The number of nitrogens with two attached hydrogens (primary N) is 2. The molecule has 0 saturated carbocycles. The highest BCUT2D eigenvalue weighted by molar-refractivity contribution is 7.16. The van der Waals surface area contributed by atoms with Crippen LogP contribution >= 0.6 is 11.3 Å². The van der Waals surface area contributed by atoms with Crippen LogP contribution < -0.4 is 31.1 Å². The van der Waals surface area contributed by atoms with Gasteiger partial charge >= 0.3 is 11.9 Å². The average Bonchev–Trinajstić information content (AvgIpc) is 3.96. The van der Waals surface area contributed by atoms with E-state index in [9.17, 15) is 29.4 Å². The van der Waals surface area contributed by atoms with E-state index < -0.39 is 29.9 Å². The Kier molecular flexibility index (Phi) is 12.6. The highest BCUT2D eigenvalue weighted by atomic mass is 32.1. The summed E-state index contributed by atoms with van der Waals surface area (Å²) >= 11 is 1.15. The Morgan fingerprint density at radius 2 is 1.56 bits per heavy atom. The van der Waals surface area contributed by atoms with Crippen LogP contribution in [0.25, 0.3) is 21.3 Å². The van der Waals surface area contributed by atoms with E-state index in [2.05, 4.69) is 20.3 Å². The number of hydrogen-bond donors (Lipinski definition) is 5. The molecule has 1 unspecified atom stereocenters. The maximum Gasteiger partial charge on any atom is 0.317 e. The van der Waals surface area contributed by atoms with E-state index in [0.717, 1.165) is 11.3 Å². The summed E-state index contributed by atoms with van der Waals surface area (Å²) in [6, 6.07) is 6.05. The number of nitrogens with one attached hydrogen (secondary N) is 1. The number of methoxy groups -OCH3 is 1. The summed E-state index contributed by atoms with van der Waals surface area (Å²) in [7, 11) is 1.45. The summed E-state index contributed by atoms with van der Waals surface area (Å²) in [6.45, 7) is 7.30. The molecule has 0 saturated heterocycles. The van der Waals surface area contributed by atoms with Gasteiger partial charge in [0.1, 0.15) is 22.5 Å². The summed E-state index contributed by atoms with van der Waals surface area (Å²) < 4.78 is 27.1. The van der Waals surface area contributed by atoms with Crippen molar-refractivity contribution in [3.8, 4) is 11.5 Å². The van der Waals surface area contributed by atoms with Crippen molar-refractivity contribution in [2.45, 2.75) is 72.7 Å². The van der Waals surface area contributed by atoms with Gasteiger partial charge in [0.2, 0.25) is 23.5 Å². The minimum atomic E-state index is -1.38. The van der Waals surface area contributed by atoms with Gasteiger partial charge in [-0.1, -0.05) is 37.3 Å². The second-order valence-corrected chi connectivity index (χ2v) is 14.2. The smallest absolute Gasteiger partial charge is 0.317 e. The highest BCUT2D eigenvalue weighted by Gasteiger charge is 2.24. The molecule has 7 N–H and O–H groups in total. The zero-order chi connectivity index (χ0) is 42.5. The molecule has 19 nitrogen and oxygen atoms in total. The molecule has 0 spiro atoms. The van der Waals surface area contributed by atoms with E-state index in [4.69, 9.17) is 34.8 Å². The molecule has 20 heteroatoms. The van der Waals surface area contributed by atoms with Crippen LogP contribution in [-0.4, -0.2) is 71.7 Å². The van der Waals surface area contributed by atoms with Crippen molar-refractivity contribution in [2.75, 3.05) is 19.0 Å². The second-order valence-electron chi connectivity index (χ2n) is 13.2. The molecule has 4 aromatic heterocycles. The number of oxazole rings is 2. The molecule has 0 aliphatic heterocycles. The van der Waals surface area contributed by atoms with E-state index in [1.54, 1.807) is 41.2 Å². The molecule has 59 heavy (non-hydrogen) atoms. The number of aryl methyl sites for hydroxylation is 4. The van der Waals surface area contributed by atoms with E-state index in [0.29, 0.717) is 63.0 Å². The van der Waals surface area contributed by atoms with Gasteiger partial charge in [0.15, 0.2) is 28.6 Å². The van der Waals surface area contributed by atoms with Crippen LogP contribution in [0.15, 0.2) is 50.2 Å². The highest BCUT2D eigenvalue weighted by Crippen LogP contribution is 2.34. The Labute approximate surface area is 340 Å². The van der Waals surface area contributed by atoms with Gasteiger partial charge < -0.3 is 54.4 Å². The number of amides is 3. The van der Waals surface area contributed by atoms with Crippen molar-refractivity contribution >= 4 is 62.2 Å². The fourth-order valence-electron chi connectivity index (χ4n) is 6.42. The molecule has 6 aromatic rings. The van der Waals surface area contributed by atoms with E-state index in [1.165, 1.54) is 25.3 Å². The Hall–Kier alpha value is -6.80. The summed E-state index contributed by atoms with van der Waals surface area (Å²) in [6.07, 6.45) is 3.20. The number of primary amides is 2. The van der Waals surface area contributed by atoms with E-state index in [1.807, 2.05) is 13.8 Å². The molecule has 310 valence electrons. The van der Waals surface area contributed by atoms with Crippen molar-refractivity contribution in [3.05, 3.63) is 87.0 Å². The molecule has 0 radical (unpaired) electrons. The van der Waals surface area contributed by atoms with Crippen LogP contribution in [0.4, 0.5) is 5.95 Å². The maximum atomic E-state index is 13.5. The van der Waals surface area contributed by atoms with Crippen LogP contribution in [0.1, 0.15) is 93.1 Å². The minimum absolute atomic E-state index is 0.00672. The first-order chi connectivity index (χ1) is 28.2. The molecule has 3 amide bonds. The fraction of sp³-hybridized carbons (Fsp3) is 0.333. The van der Waals surface area contributed by atoms with Gasteiger partial charge in [0, 0.05) is 44.5 Å². The number of aliphatic hydroxyl groups excluding tert-OH is 1. The van der Waals surface area contributed by atoms with Gasteiger partial charge in [-0.05, 0) is 43.5 Å². The molecule has 4 heterocycles. The Bertz CT molecular complexity index is 2680. The number of rotatable bonds is 18. The van der Waals surface area contributed by atoms with Crippen molar-refractivity contribution < 1.29 is 47.7 Å². The number of fused-ring (bicyclic) bond motifs is 2. The zero-order valence-electron chi connectivity index (χ0n) is 32.9. The summed E-state index contributed by atoms with van der Waals surface area (Å²) in [5, 5.41) is 23.5. The summed E-state index contributed by atoms with van der Waals surface area (Å²) in [5.41, 5.74) is 13.9. The molecule has 6 rings (SSSR count). The van der Waals surface area contributed by atoms with Crippen molar-refractivity contribution in [3.63, 3.8) is 0 Å². The Morgan fingerprint density at radius 1 is 0.915 bits per heavy atom. The molecular formula is C39H43N9O10S. The third-order valence-electron chi connectivity index (χ3n) is 9.09. The van der Waals surface area contributed by atoms with Crippen LogP contribution in [0.5, 0.6) is 11.5 Å². The quantitative estimate of drug-likeness (QED) is 0.0459. The number of thiazole rings is 1. The van der Waals surface area contributed by atoms with E-state index >= 15 is 0 Å². The van der Waals surface area contributed by atoms with Gasteiger partial charge in [-0.15, -0.1) is 0 Å². The first-order valence-electron chi connectivity index (χ1n) is 18.5. The number of carboxylic acids is 1. The largest absolute Gasteiger partial charge is 0.494 e. The molecule has 2 aromatic carbocycles. The number of benzene rings is 2. The topological polar surface area (TPSA) is 278 Å². The minimum Gasteiger partial charge on any atom is -0.494 e. The average molecular weight is 830 g/mol. The second kappa shape index (κ2) is 17.8. The number of carboxylic acid groups (broad SMARTS) is 1. The Morgan fingerprint density at radius 3 is 2.22 bits per heavy atom. The lowest BCUT2D eigenvalue weighted by molar-refractivity contribution is -0.137. The number of hydrogen-bond acceptors (Lipinski definition) is 14. The monoisotopic (exact) mass is 829 g/mol. The van der Waals surface area contributed by atoms with Gasteiger partial charge in [0.25, 0.3) is 0 Å². The number of carbonyl (C=O) groups is 4. The predicted octanol–water partition coefficient (Wildman–Crippen LogP) is 4.32. The number of aliphatic hydroxyl groups is 1. The molecule has 0 fully saturated rings. The third-order valence-corrected chi connectivity index (χ3v) is 10.1. The molecule has 0 aliphatic carbocycles. The number of ether oxygens (including phenoxy) is 2. The maximum absolute atomic E-state index is 13.5. The predicted molar refractivity (Wildman–Crippen MR) is 214 cm³/mol. The lowest BCUT2D eigenvalue weighted by Crippen LogP contribution is -2.17. The van der Waals surface area contributed by atoms with Crippen molar-refractivity contribution in [2.24, 2.45) is 16.5 Å². The van der Waals surface area contributed by atoms with Crippen molar-refractivity contribution in [1.82, 2.24) is 24.1 Å². The third kappa shape index (κ3) is 9.02. The van der Waals surface area contributed by atoms with Crippen LogP contribution in [0, 0.1) is 13.8 Å². The normalized spacial score (nSPS) is 12.5. The lowest BCUT2D eigenvalue weighted by Gasteiger charge is -2.15. The first-order valence-corrected chi connectivity index (χ1v) is 19.3. The van der Waals surface area contributed by atoms with Gasteiger partial charge in [0.05, 0.1) is 35.3 Å². The zero-order valence-corrected chi connectivity index (χ0v) is 33.7. The Balaban J connectivity index is 1.44. The van der Waals surface area contributed by atoms with Crippen LogP contribution in [0.2, 0.25) is 0 Å². The number of nitrogens with zero attached hydrogens (tertiary/aromatic N) is 6. The standard InChI is InChI=1S/C39H43N9O10S/c1-6-23-32(57-19(3)42-23)36(53)45-38-44-25-15-21(34(40)51)17-27(56-14-10-11-29(49)50)30(25)47(38)12-8-9-13-48-31-26(55-5)16-22(35(41)52)18-28(31)59-39(48)46-37(54)33-24(7-2)43-20(4)58-33/h8-9,15-18,36,53H,6-7,10-14H2,1-5H3,(H2,40,51)(H2,41,52)(H,44,45)(H,49,50)/b9-8+,46-39-. The number of carbonyl (C=O) groups excluding carboxylic acids is 3. The number of aromatic nitrogens is 5. The number of aliphatic carboxylic acids is 1. The van der Waals surface area contributed by atoms with Crippen LogP contribution in [0.3, 0.4) is 0 Å². The molecular weight excluding hydrogens is 787 g/mol. The lowest BCUT2D eigenvalue weighted by atomic mass is 10.1. The summed E-state index contributed by atoms with van der Waals surface area (Å²) in [5.74, 6) is -1.42. The number of allylic oxidation sites excluding steroid dienone is 2. The molecule has 1 atom stereocenters. The van der Waals surface area contributed by atoms with Crippen LogP contribution in [-0.2, 0) is 30.7 Å². The molecule has 0 aliphatic rings. The fourth-order valence-corrected chi connectivity index (χ4v) is 7.51. The number of imidazole rings is 1. The van der Waals surface area contributed by atoms with E-state index in [-0.39, 0.29) is 71.7 Å².